The Balaban J connectivity index is 2.66. The van der Waals surface area contributed by atoms with Gasteiger partial charge in [-0.05, 0) is 20.4 Å². The largest absolute Gasteiger partial charge is 0.380 e. The molecule has 92 valence electrons. The summed E-state index contributed by atoms with van der Waals surface area (Å²) < 4.78 is 7.57. The van der Waals surface area contributed by atoms with Crippen molar-refractivity contribution in [3.8, 4) is 0 Å². The zero-order chi connectivity index (χ0) is 12.0. The number of aromatic nitrogens is 2. The maximum Gasteiger partial charge on any atom is 0.110 e. The SMILES string of the molecule is CCCn1ccnc1CC(NC)C(C)OC. The molecule has 1 heterocycles. The second kappa shape index (κ2) is 6.66. The first kappa shape index (κ1) is 13.2. The Morgan fingerprint density at radius 1 is 1.56 bits per heavy atom. The van der Waals surface area contributed by atoms with Crippen LogP contribution < -0.4 is 5.32 Å². The van der Waals surface area contributed by atoms with E-state index in [1.165, 1.54) is 0 Å². The topological polar surface area (TPSA) is 39.1 Å². The number of hydrogen-bond acceptors (Lipinski definition) is 3. The molecule has 0 aromatic carbocycles. The van der Waals surface area contributed by atoms with Crippen LogP contribution in [0.1, 0.15) is 26.1 Å². The molecule has 4 heteroatoms. The average molecular weight is 225 g/mol. The number of methoxy groups -OCH3 is 1. The second-order valence-electron chi connectivity index (χ2n) is 4.08. The van der Waals surface area contributed by atoms with E-state index >= 15 is 0 Å². The Morgan fingerprint density at radius 2 is 2.31 bits per heavy atom. The van der Waals surface area contributed by atoms with Crippen molar-refractivity contribution in [3.63, 3.8) is 0 Å². The molecule has 1 N–H and O–H groups in total. The first-order valence-electron chi connectivity index (χ1n) is 5.93. The summed E-state index contributed by atoms with van der Waals surface area (Å²) in [6, 6.07) is 0.308. The maximum atomic E-state index is 5.35. The summed E-state index contributed by atoms with van der Waals surface area (Å²) in [6.07, 6.45) is 6.14. The van der Waals surface area contributed by atoms with Gasteiger partial charge in [-0.1, -0.05) is 6.92 Å². The minimum atomic E-state index is 0.191. The molecule has 0 radical (unpaired) electrons. The Labute approximate surface area is 98.0 Å². The molecule has 0 spiro atoms. The van der Waals surface area contributed by atoms with Gasteiger partial charge in [-0.3, -0.25) is 0 Å². The number of aryl methyl sites for hydroxylation is 1. The first-order chi connectivity index (χ1) is 7.72. The van der Waals surface area contributed by atoms with Gasteiger partial charge in [0.25, 0.3) is 0 Å². The van der Waals surface area contributed by atoms with Crippen LogP contribution in [-0.4, -0.2) is 35.9 Å². The van der Waals surface area contributed by atoms with E-state index in [1.807, 2.05) is 19.4 Å². The van der Waals surface area contributed by atoms with Gasteiger partial charge in [0.2, 0.25) is 0 Å². The molecule has 4 nitrogen and oxygen atoms in total. The second-order valence-corrected chi connectivity index (χ2v) is 4.08. The molecule has 2 atom stereocenters. The molecule has 0 aliphatic heterocycles. The molecule has 1 aromatic rings. The normalized spacial score (nSPS) is 15.0. The maximum absolute atomic E-state index is 5.35. The fourth-order valence-electron chi connectivity index (χ4n) is 1.84. The van der Waals surface area contributed by atoms with Gasteiger partial charge in [0.05, 0.1) is 6.10 Å². The van der Waals surface area contributed by atoms with Crippen molar-refractivity contribution in [3.05, 3.63) is 18.2 Å². The third-order valence-electron chi connectivity index (χ3n) is 2.98. The van der Waals surface area contributed by atoms with Crippen molar-refractivity contribution >= 4 is 0 Å². The molecule has 0 saturated heterocycles. The van der Waals surface area contributed by atoms with Crippen LogP contribution in [-0.2, 0) is 17.7 Å². The van der Waals surface area contributed by atoms with Gasteiger partial charge in [-0.25, -0.2) is 4.98 Å². The first-order valence-corrected chi connectivity index (χ1v) is 5.93. The summed E-state index contributed by atoms with van der Waals surface area (Å²) in [5, 5.41) is 3.28. The van der Waals surface area contributed by atoms with Gasteiger partial charge in [-0.15, -0.1) is 0 Å². The van der Waals surface area contributed by atoms with Crippen LogP contribution in [0.5, 0.6) is 0 Å². The van der Waals surface area contributed by atoms with Crippen molar-refractivity contribution in [2.24, 2.45) is 0 Å². The van der Waals surface area contributed by atoms with Gasteiger partial charge in [0.15, 0.2) is 0 Å². The van der Waals surface area contributed by atoms with Gasteiger partial charge in [-0.2, -0.15) is 0 Å². The number of imidazole rings is 1. The van der Waals surface area contributed by atoms with E-state index in [2.05, 4.69) is 28.7 Å². The lowest BCUT2D eigenvalue weighted by Crippen LogP contribution is -2.39. The molecule has 0 amide bonds. The average Bonchev–Trinajstić information content (AvgIpc) is 2.73. The summed E-state index contributed by atoms with van der Waals surface area (Å²) in [5.74, 6) is 1.13. The molecule has 2 unspecified atom stereocenters. The molecule has 1 rings (SSSR count). The molecule has 0 fully saturated rings. The van der Waals surface area contributed by atoms with E-state index < -0.39 is 0 Å². The van der Waals surface area contributed by atoms with Crippen LogP contribution in [0, 0.1) is 0 Å². The van der Waals surface area contributed by atoms with Crippen molar-refractivity contribution in [2.45, 2.75) is 45.4 Å². The standard InChI is InChI=1S/C12H23N3O/c1-5-7-15-8-6-14-12(15)9-11(13-3)10(2)16-4/h6,8,10-11,13H,5,7,9H2,1-4H3. The lowest BCUT2D eigenvalue weighted by atomic mass is 10.1. The van der Waals surface area contributed by atoms with Crippen LogP contribution in [0.4, 0.5) is 0 Å². The van der Waals surface area contributed by atoms with Crippen molar-refractivity contribution in [2.75, 3.05) is 14.2 Å². The Morgan fingerprint density at radius 3 is 2.88 bits per heavy atom. The number of nitrogens with one attached hydrogen (secondary N) is 1. The van der Waals surface area contributed by atoms with Crippen molar-refractivity contribution in [1.29, 1.82) is 0 Å². The van der Waals surface area contributed by atoms with Gasteiger partial charge in [0.1, 0.15) is 5.82 Å². The quantitative estimate of drug-likeness (QED) is 0.763. The predicted molar refractivity (Wildman–Crippen MR) is 65.5 cm³/mol. The molecule has 0 aliphatic rings. The lowest BCUT2D eigenvalue weighted by Gasteiger charge is -2.22. The van der Waals surface area contributed by atoms with Gasteiger partial charge in [0, 0.05) is 38.5 Å². The lowest BCUT2D eigenvalue weighted by molar-refractivity contribution is 0.0847. The Bertz CT molecular complexity index is 298. The van der Waals surface area contributed by atoms with Crippen LogP contribution in [0.25, 0.3) is 0 Å². The number of ether oxygens (including phenoxy) is 1. The number of hydrogen-bond donors (Lipinski definition) is 1. The smallest absolute Gasteiger partial charge is 0.110 e. The Hall–Kier alpha value is -0.870. The highest BCUT2D eigenvalue weighted by Crippen LogP contribution is 2.07. The van der Waals surface area contributed by atoms with E-state index in [9.17, 15) is 0 Å². The van der Waals surface area contributed by atoms with E-state index in [4.69, 9.17) is 4.74 Å². The summed E-state index contributed by atoms with van der Waals surface area (Å²) in [6.45, 7) is 5.29. The zero-order valence-electron chi connectivity index (χ0n) is 10.7. The molecule has 0 bridgehead atoms. The van der Waals surface area contributed by atoms with Crippen LogP contribution in [0.3, 0.4) is 0 Å². The van der Waals surface area contributed by atoms with E-state index in [0.29, 0.717) is 6.04 Å². The van der Waals surface area contributed by atoms with E-state index in [1.54, 1.807) is 7.11 Å². The molecule has 1 aromatic heterocycles. The zero-order valence-corrected chi connectivity index (χ0v) is 10.7. The number of rotatable bonds is 7. The third-order valence-corrected chi connectivity index (χ3v) is 2.98. The third kappa shape index (κ3) is 3.32. The fraction of sp³-hybridized carbons (Fsp3) is 0.750. The highest BCUT2D eigenvalue weighted by atomic mass is 16.5. The van der Waals surface area contributed by atoms with Crippen LogP contribution in [0.2, 0.25) is 0 Å². The summed E-state index contributed by atoms with van der Waals surface area (Å²) in [7, 11) is 3.71. The highest BCUT2D eigenvalue weighted by Gasteiger charge is 2.17. The summed E-state index contributed by atoms with van der Waals surface area (Å²) >= 11 is 0. The van der Waals surface area contributed by atoms with Gasteiger partial charge >= 0.3 is 0 Å². The molecule has 0 saturated carbocycles. The van der Waals surface area contributed by atoms with Gasteiger partial charge < -0.3 is 14.6 Å². The van der Waals surface area contributed by atoms with Crippen molar-refractivity contribution in [1.82, 2.24) is 14.9 Å². The number of likely N-dealkylation sites (N-methyl/N-ethyl adjacent to an activating group) is 1. The summed E-state index contributed by atoms with van der Waals surface area (Å²) in [4.78, 5) is 4.41. The fourth-order valence-corrected chi connectivity index (χ4v) is 1.84. The predicted octanol–water partition coefficient (Wildman–Crippen LogP) is 1.46. The molecular weight excluding hydrogens is 202 g/mol. The summed E-state index contributed by atoms with van der Waals surface area (Å²) in [5.41, 5.74) is 0. The molecular formula is C12H23N3O. The highest BCUT2D eigenvalue weighted by molar-refractivity contribution is 4.96. The van der Waals surface area contributed by atoms with E-state index in [-0.39, 0.29) is 6.10 Å². The van der Waals surface area contributed by atoms with Crippen molar-refractivity contribution < 1.29 is 4.74 Å². The minimum Gasteiger partial charge on any atom is -0.380 e. The van der Waals surface area contributed by atoms with Crippen LogP contribution in [0.15, 0.2) is 12.4 Å². The minimum absolute atomic E-state index is 0.191. The van der Waals surface area contributed by atoms with E-state index in [0.717, 1.165) is 25.2 Å². The van der Waals surface area contributed by atoms with Crippen LogP contribution >= 0.6 is 0 Å². The Kier molecular flexibility index (Phi) is 5.49. The molecule has 16 heavy (non-hydrogen) atoms. The monoisotopic (exact) mass is 225 g/mol. The molecule has 0 aliphatic carbocycles. The number of nitrogens with zero attached hydrogens (tertiary/aromatic N) is 2.